The maximum absolute atomic E-state index is 14.0. The molecule has 0 saturated carbocycles. The molecule has 8 nitrogen and oxygen atoms in total. The molecule has 0 saturated heterocycles. The summed E-state index contributed by atoms with van der Waals surface area (Å²) in [5.41, 5.74) is 2.90. The molecule has 3 aromatic rings. The van der Waals surface area contributed by atoms with Crippen molar-refractivity contribution < 1.29 is 22.7 Å². The van der Waals surface area contributed by atoms with Gasteiger partial charge < -0.3 is 15.0 Å². The molecule has 0 aliphatic heterocycles. The zero-order chi connectivity index (χ0) is 28.6. The van der Waals surface area contributed by atoms with Gasteiger partial charge in [-0.2, -0.15) is 0 Å². The molecular formula is C30H37N3O5S. The van der Waals surface area contributed by atoms with Gasteiger partial charge in [0.1, 0.15) is 18.3 Å². The minimum atomic E-state index is -4.10. The number of likely N-dealkylation sites (N-methyl/N-ethyl adjacent to an activating group) is 1. The van der Waals surface area contributed by atoms with Gasteiger partial charge in [-0.3, -0.25) is 13.9 Å². The summed E-state index contributed by atoms with van der Waals surface area (Å²) in [6.45, 7) is 7.42. The van der Waals surface area contributed by atoms with E-state index in [0.29, 0.717) is 24.4 Å². The van der Waals surface area contributed by atoms with Crippen molar-refractivity contribution in [1.82, 2.24) is 10.2 Å². The Labute approximate surface area is 231 Å². The zero-order valence-corrected chi connectivity index (χ0v) is 24.0. The highest BCUT2D eigenvalue weighted by atomic mass is 32.2. The molecule has 0 unspecified atom stereocenters. The molecule has 0 bridgehead atoms. The van der Waals surface area contributed by atoms with Gasteiger partial charge in [0.25, 0.3) is 10.0 Å². The summed E-state index contributed by atoms with van der Waals surface area (Å²) in [4.78, 5) is 28.6. The molecule has 208 valence electrons. The summed E-state index contributed by atoms with van der Waals surface area (Å²) in [7, 11) is -2.54. The van der Waals surface area contributed by atoms with E-state index in [-0.39, 0.29) is 17.3 Å². The van der Waals surface area contributed by atoms with Gasteiger partial charge in [0.2, 0.25) is 11.8 Å². The highest BCUT2D eigenvalue weighted by Crippen LogP contribution is 2.26. The molecule has 0 aromatic heterocycles. The molecule has 0 radical (unpaired) electrons. The first-order valence-electron chi connectivity index (χ1n) is 13.0. The van der Waals surface area contributed by atoms with Crippen LogP contribution in [0.1, 0.15) is 37.0 Å². The average Bonchev–Trinajstić information content (AvgIpc) is 2.92. The minimum absolute atomic E-state index is 0.0810. The summed E-state index contributed by atoms with van der Waals surface area (Å²) in [5, 5.41) is 2.80. The second-order valence-corrected chi connectivity index (χ2v) is 11.2. The van der Waals surface area contributed by atoms with Crippen LogP contribution in [0.2, 0.25) is 0 Å². The molecule has 1 atom stereocenters. The van der Waals surface area contributed by atoms with Crippen LogP contribution in [-0.4, -0.2) is 51.4 Å². The minimum Gasteiger partial charge on any atom is -0.497 e. The van der Waals surface area contributed by atoms with E-state index in [0.717, 1.165) is 21.0 Å². The van der Waals surface area contributed by atoms with Crippen LogP contribution in [0.25, 0.3) is 0 Å². The van der Waals surface area contributed by atoms with Gasteiger partial charge in [0.15, 0.2) is 0 Å². The molecule has 39 heavy (non-hydrogen) atoms. The van der Waals surface area contributed by atoms with Crippen LogP contribution in [0, 0.1) is 13.8 Å². The first-order valence-corrected chi connectivity index (χ1v) is 14.4. The number of nitrogens with one attached hydrogen (secondary N) is 1. The normalized spacial score (nSPS) is 11.9. The van der Waals surface area contributed by atoms with E-state index in [9.17, 15) is 18.0 Å². The molecule has 1 N–H and O–H groups in total. The molecule has 3 rings (SSSR count). The second-order valence-electron chi connectivity index (χ2n) is 9.36. The lowest BCUT2D eigenvalue weighted by molar-refractivity contribution is -0.140. The second kappa shape index (κ2) is 13.3. The van der Waals surface area contributed by atoms with Gasteiger partial charge in [-0.15, -0.1) is 0 Å². The topological polar surface area (TPSA) is 96.0 Å². The van der Waals surface area contributed by atoms with Gasteiger partial charge >= 0.3 is 0 Å². The summed E-state index contributed by atoms with van der Waals surface area (Å²) in [6.07, 6.45) is 0.358. The smallest absolute Gasteiger partial charge is 0.264 e. The highest BCUT2D eigenvalue weighted by molar-refractivity contribution is 7.92. The number of sulfonamides is 1. The van der Waals surface area contributed by atoms with E-state index < -0.39 is 28.5 Å². The Bertz CT molecular complexity index is 1390. The lowest BCUT2D eigenvalue weighted by Crippen LogP contribution is -2.52. The maximum Gasteiger partial charge on any atom is 0.264 e. The van der Waals surface area contributed by atoms with E-state index >= 15 is 0 Å². The molecule has 9 heteroatoms. The number of nitrogens with zero attached hydrogens (tertiary/aromatic N) is 2. The number of hydrogen-bond acceptors (Lipinski definition) is 5. The molecule has 0 fully saturated rings. The third-order valence-electron chi connectivity index (χ3n) is 6.40. The van der Waals surface area contributed by atoms with Crippen molar-refractivity contribution in [3.63, 3.8) is 0 Å². The van der Waals surface area contributed by atoms with E-state index in [1.807, 2.05) is 45.9 Å². The van der Waals surface area contributed by atoms with Crippen LogP contribution >= 0.6 is 0 Å². The molecule has 0 heterocycles. The zero-order valence-electron chi connectivity index (χ0n) is 23.2. The van der Waals surface area contributed by atoms with Gasteiger partial charge in [-0.25, -0.2) is 8.42 Å². The third kappa shape index (κ3) is 7.38. The lowest BCUT2D eigenvalue weighted by Gasteiger charge is -2.33. The maximum atomic E-state index is 14.0. The Balaban J connectivity index is 2.07. The van der Waals surface area contributed by atoms with Crippen molar-refractivity contribution >= 4 is 27.5 Å². The van der Waals surface area contributed by atoms with Crippen LogP contribution in [0.15, 0.2) is 77.7 Å². The molecule has 2 amide bonds. The number of rotatable bonds is 12. The summed E-state index contributed by atoms with van der Waals surface area (Å²) < 4.78 is 34.2. The van der Waals surface area contributed by atoms with E-state index in [2.05, 4.69) is 5.32 Å². The number of carbonyl (C=O) groups excluding carboxylic acids is 2. The largest absolute Gasteiger partial charge is 0.497 e. The third-order valence-corrected chi connectivity index (χ3v) is 8.19. The Morgan fingerprint density at radius 2 is 1.62 bits per heavy atom. The van der Waals surface area contributed by atoms with Crippen molar-refractivity contribution in [3.05, 3.63) is 89.5 Å². The van der Waals surface area contributed by atoms with Crippen LogP contribution in [0.3, 0.4) is 0 Å². The van der Waals surface area contributed by atoms with Gasteiger partial charge in [0.05, 0.1) is 17.7 Å². The number of hydrogen-bond donors (Lipinski definition) is 1. The molecule has 0 aliphatic carbocycles. The van der Waals surface area contributed by atoms with Gasteiger partial charge in [-0.1, -0.05) is 48.9 Å². The summed E-state index contributed by atoms with van der Waals surface area (Å²) in [5.74, 6) is -0.165. The Morgan fingerprint density at radius 3 is 2.23 bits per heavy atom. The van der Waals surface area contributed by atoms with Crippen LogP contribution in [-0.2, 0) is 26.2 Å². The standard InChI is InChI=1S/C30H37N3O5S/c1-6-28(30(35)31-7-2)32(20-24-11-9-13-26(19-24)38-5)29(34)21-33(25-12-8-10-23(4)18-25)39(36,37)27-16-14-22(3)15-17-27/h8-19,28H,6-7,20-21H2,1-5H3,(H,31,35)/t28-/m1/s1. The number of methoxy groups -OCH3 is 1. The quantitative estimate of drug-likeness (QED) is 0.359. The number of ether oxygens (including phenoxy) is 1. The molecule has 0 aliphatic rings. The summed E-state index contributed by atoms with van der Waals surface area (Å²) >= 11 is 0. The molecule has 3 aromatic carbocycles. The molecular weight excluding hydrogens is 514 g/mol. The highest BCUT2D eigenvalue weighted by Gasteiger charge is 2.33. The van der Waals surface area contributed by atoms with Crippen LogP contribution in [0.4, 0.5) is 5.69 Å². The monoisotopic (exact) mass is 551 g/mol. The van der Waals surface area contributed by atoms with Crippen molar-refractivity contribution in [2.75, 3.05) is 24.5 Å². The number of amides is 2. The van der Waals surface area contributed by atoms with E-state index in [4.69, 9.17) is 4.74 Å². The van der Waals surface area contributed by atoms with E-state index in [1.165, 1.54) is 17.0 Å². The Kier molecular flexibility index (Phi) is 10.1. The van der Waals surface area contributed by atoms with Crippen LogP contribution in [0.5, 0.6) is 5.75 Å². The SMILES string of the molecule is CCNC(=O)[C@@H](CC)N(Cc1cccc(OC)c1)C(=O)CN(c1cccc(C)c1)S(=O)(=O)c1ccc(C)cc1. The first kappa shape index (κ1) is 29.7. The Hall–Kier alpha value is -3.85. The number of anilines is 1. The fourth-order valence-corrected chi connectivity index (χ4v) is 5.73. The predicted molar refractivity (Wildman–Crippen MR) is 153 cm³/mol. The fourth-order valence-electron chi connectivity index (χ4n) is 4.33. The van der Waals surface area contributed by atoms with Crippen molar-refractivity contribution in [2.24, 2.45) is 0 Å². The fraction of sp³-hybridized carbons (Fsp3) is 0.333. The van der Waals surface area contributed by atoms with E-state index in [1.54, 1.807) is 49.6 Å². The Morgan fingerprint density at radius 1 is 0.923 bits per heavy atom. The van der Waals surface area contributed by atoms with Crippen molar-refractivity contribution in [3.8, 4) is 5.75 Å². The van der Waals surface area contributed by atoms with Gasteiger partial charge in [-0.05, 0) is 74.7 Å². The first-order chi connectivity index (χ1) is 18.6. The molecule has 0 spiro atoms. The van der Waals surface area contributed by atoms with Crippen molar-refractivity contribution in [2.45, 2.75) is 51.6 Å². The van der Waals surface area contributed by atoms with Crippen molar-refractivity contribution in [1.29, 1.82) is 0 Å². The summed E-state index contributed by atoms with van der Waals surface area (Å²) in [6, 6.07) is 20.0. The number of benzene rings is 3. The number of carbonyl (C=O) groups is 2. The lowest BCUT2D eigenvalue weighted by atomic mass is 10.1. The van der Waals surface area contributed by atoms with Crippen LogP contribution < -0.4 is 14.4 Å². The number of aryl methyl sites for hydroxylation is 2. The average molecular weight is 552 g/mol. The predicted octanol–water partition coefficient (Wildman–Crippen LogP) is 4.45. The van der Waals surface area contributed by atoms with Gasteiger partial charge in [0, 0.05) is 13.1 Å².